The molecule has 1 saturated heterocycles. The van der Waals surface area contributed by atoms with Gasteiger partial charge in [-0.2, -0.15) is 0 Å². The summed E-state index contributed by atoms with van der Waals surface area (Å²) in [5.74, 6) is -0.327. The average Bonchev–Trinajstić information content (AvgIpc) is 2.79. The summed E-state index contributed by atoms with van der Waals surface area (Å²) in [4.78, 5) is 27.1. The fourth-order valence-corrected chi connectivity index (χ4v) is 4.67. The average molecular weight is 444 g/mol. The number of piperidine rings is 1. The highest BCUT2D eigenvalue weighted by Gasteiger charge is 2.28. The second-order valence-electron chi connectivity index (χ2n) is 7.73. The Bertz CT molecular complexity index is 991. The summed E-state index contributed by atoms with van der Waals surface area (Å²) in [7, 11) is -3.68. The Hall–Kier alpha value is -2.87. The zero-order chi connectivity index (χ0) is 22.3. The van der Waals surface area contributed by atoms with E-state index in [-0.39, 0.29) is 22.6 Å². The van der Waals surface area contributed by atoms with Gasteiger partial charge in [-0.3, -0.25) is 14.3 Å². The molecule has 1 fully saturated rings. The Labute approximate surface area is 183 Å². The van der Waals surface area contributed by atoms with Crippen LogP contribution in [-0.4, -0.2) is 44.8 Å². The maximum absolute atomic E-state index is 12.9. The molecule has 1 aliphatic rings. The molecule has 8 heteroatoms. The minimum absolute atomic E-state index is 0.0108. The van der Waals surface area contributed by atoms with Crippen molar-refractivity contribution in [3.05, 3.63) is 60.2 Å². The molecular formula is C23H29N3O4S. The summed E-state index contributed by atoms with van der Waals surface area (Å²) >= 11 is 0. The smallest absolute Gasteiger partial charge is 0.261 e. The van der Waals surface area contributed by atoms with Crippen molar-refractivity contribution in [3.63, 3.8) is 0 Å². The van der Waals surface area contributed by atoms with E-state index in [1.165, 1.54) is 12.1 Å². The highest BCUT2D eigenvalue weighted by molar-refractivity contribution is 7.92. The number of rotatable bonds is 8. The SMILES string of the molecule is CCCCNC(=O)C1CCCN(C(=O)c2ccc(NS(=O)(=O)c3ccccc3)cc2)C1. The molecule has 2 amide bonds. The van der Waals surface area contributed by atoms with Crippen LogP contribution in [0, 0.1) is 5.92 Å². The molecule has 0 radical (unpaired) electrons. The van der Waals surface area contributed by atoms with Crippen LogP contribution >= 0.6 is 0 Å². The van der Waals surface area contributed by atoms with Crippen molar-refractivity contribution in [2.24, 2.45) is 5.92 Å². The van der Waals surface area contributed by atoms with Gasteiger partial charge < -0.3 is 10.2 Å². The van der Waals surface area contributed by atoms with Crippen LogP contribution in [-0.2, 0) is 14.8 Å². The van der Waals surface area contributed by atoms with E-state index < -0.39 is 10.0 Å². The Morgan fingerprint density at radius 3 is 2.45 bits per heavy atom. The van der Waals surface area contributed by atoms with Gasteiger partial charge in [-0.15, -0.1) is 0 Å². The number of unbranched alkanes of at least 4 members (excludes halogenated alkanes) is 1. The molecule has 1 atom stereocenters. The molecule has 0 aliphatic carbocycles. The minimum atomic E-state index is -3.68. The van der Waals surface area contributed by atoms with Gasteiger partial charge in [-0.1, -0.05) is 31.5 Å². The number of benzene rings is 2. The number of carbonyl (C=O) groups is 2. The molecule has 0 aromatic heterocycles. The van der Waals surface area contributed by atoms with Gasteiger partial charge in [0.2, 0.25) is 5.91 Å². The summed E-state index contributed by atoms with van der Waals surface area (Å²) in [5, 5.41) is 2.95. The lowest BCUT2D eigenvalue weighted by molar-refractivity contribution is -0.126. The third kappa shape index (κ3) is 6.07. The van der Waals surface area contributed by atoms with E-state index in [0.29, 0.717) is 30.9 Å². The van der Waals surface area contributed by atoms with Crippen molar-refractivity contribution in [1.82, 2.24) is 10.2 Å². The highest BCUT2D eigenvalue weighted by atomic mass is 32.2. The van der Waals surface area contributed by atoms with Crippen LogP contribution in [0.2, 0.25) is 0 Å². The number of likely N-dealkylation sites (tertiary alicyclic amines) is 1. The van der Waals surface area contributed by atoms with Gasteiger partial charge in [0.25, 0.3) is 15.9 Å². The first-order chi connectivity index (χ1) is 14.9. The molecule has 2 aromatic rings. The van der Waals surface area contributed by atoms with Crippen molar-refractivity contribution in [2.45, 2.75) is 37.5 Å². The largest absolute Gasteiger partial charge is 0.356 e. The second-order valence-corrected chi connectivity index (χ2v) is 9.41. The van der Waals surface area contributed by atoms with Crippen LogP contribution in [0.4, 0.5) is 5.69 Å². The van der Waals surface area contributed by atoms with E-state index in [1.807, 2.05) is 0 Å². The first kappa shape index (κ1) is 22.8. The van der Waals surface area contributed by atoms with Crippen molar-refractivity contribution in [2.75, 3.05) is 24.4 Å². The van der Waals surface area contributed by atoms with Gasteiger partial charge in [0.15, 0.2) is 0 Å². The first-order valence-corrected chi connectivity index (χ1v) is 12.1. The molecule has 0 spiro atoms. The topological polar surface area (TPSA) is 95.6 Å². The summed E-state index contributed by atoms with van der Waals surface area (Å²) < 4.78 is 27.4. The van der Waals surface area contributed by atoms with E-state index in [1.54, 1.807) is 47.4 Å². The third-order valence-corrected chi connectivity index (χ3v) is 6.74. The molecule has 7 nitrogen and oxygen atoms in total. The first-order valence-electron chi connectivity index (χ1n) is 10.7. The monoisotopic (exact) mass is 443 g/mol. The molecule has 2 aromatic carbocycles. The Morgan fingerprint density at radius 2 is 1.77 bits per heavy atom. The van der Waals surface area contributed by atoms with Gasteiger partial charge in [-0.05, 0) is 55.7 Å². The van der Waals surface area contributed by atoms with Crippen LogP contribution in [0.3, 0.4) is 0 Å². The standard InChI is InChI=1S/C23H29N3O4S/c1-2-3-15-24-22(27)19-8-7-16-26(17-19)23(28)18-11-13-20(14-12-18)25-31(29,30)21-9-5-4-6-10-21/h4-6,9-14,19,25H,2-3,7-8,15-17H2,1H3,(H,24,27). The van der Waals surface area contributed by atoms with Crippen LogP contribution in [0.25, 0.3) is 0 Å². The molecule has 3 rings (SSSR count). The highest BCUT2D eigenvalue weighted by Crippen LogP contribution is 2.21. The maximum Gasteiger partial charge on any atom is 0.261 e. The quantitative estimate of drug-likeness (QED) is 0.612. The fourth-order valence-electron chi connectivity index (χ4n) is 3.59. The predicted octanol–water partition coefficient (Wildman–Crippen LogP) is 3.26. The van der Waals surface area contributed by atoms with E-state index in [9.17, 15) is 18.0 Å². The van der Waals surface area contributed by atoms with Crippen molar-refractivity contribution < 1.29 is 18.0 Å². The zero-order valence-corrected chi connectivity index (χ0v) is 18.5. The van der Waals surface area contributed by atoms with Crippen LogP contribution in [0.15, 0.2) is 59.5 Å². The van der Waals surface area contributed by atoms with Crippen LogP contribution in [0.1, 0.15) is 43.0 Å². The van der Waals surface area contributed by atoms with Gasteiger partial charge in [0.1, 0.15) is 0 Å². The van der Waals surface area contributed by atoms with Gasteiger partial charge in [-0.25, -0.2) is 8.42 Å². The Balaban J connectivity index is 1.61. The molecule has 0 saturated carbocycles. The number of sulfonamides is 1. The van der Waals surface area contributed by atoms with E-state index in [2.05, 4.69) is 17.0 Å². The van der Waals surface area contributed by atoms with Crippen molar-refractivity contribution in [3.8, 4) is 0 Å². The van der Waals surface area contributed by atoms with Crippen LogP contribution < -0.4 is 10.0 Å². The summed E-state index contributed by atoms with van der Waals surface area (Å²) in [6.07, 6.45) is 3.53. The summed E-state index contributed by atoms with van der Waals surface area (Å²) in [5.41, 5.74) is 0.849. The molecule has 166 valence electrons. The Morgan fingerprint density at radius 1 is 1.06 bits per heavy atom. The zero-order valence-electron chi connectivity index (χ0n) is 17.7. The van der Waals surface area contributed by atoms with E-state index in [0.717, 1.165) is 25.7 Å². The molecule has 2 N–H and O–H groups in total. The van der Waals surface area contributed by atoms with Crippen molar-refractivity contribution in [1.29, 1.82) is 0 Å². The van der Waals surface area contributed by atoms with Crippen molar-refractivity contribution >= 4 is 27.5 Å². The molecule has 1 heterocycles. The molecule has 1 aliphatic heterocycles. The number of nitrogens with one attached hydrogen (secondary N) is 2. The lowest BCUT2D eigenvalue weighted by Crippen LogP contribution is -2.45. The summed E-state index contributed by atoms with van der Waals surface area (Å²) in [6, 6.07) is 14.5. The second kappa shape index (κ2) is 10.4. The van der Waals surface area contributed by atoms with Gasteiger partial charge in [0, 0.05) is 30.9 Å². The molecule has 31 heavy (non-hydrogen) atoms. The van der Waals surface area contributed by atoms with E-state index >= 15 is 0 Å². The minimum Gasteiger partial charge on any atom is -0.356 e. The van der Waals surface area contributed by atoms with Gasteiger partial charge in [0.05, 0.1) is 10.8 Å². The van der Waals surface area contributed by atoms with Crippen LogP contribution in [0.5, 0.6) is 0 Å². The fraction of sp³-hybridized carbons (Fsp3) is 0.391. The summed E-state index contributed by atoms with van der Waals surface area (Å²) in [6.45, 7) is 3.75. The maximum atomic E-state index is 12.9. The predicted molar refractivity (Wildman–Crippen MR) is 120 cm³/mol. The molecule has 1 unspecified atom stereocenters. The number of amides is 2. The third-order valence-electron chi connectivity index (χ3n) is 5.35. The molecule has 0 bridgehead atoms. The number of hydrogen-bond acceptors (Lipinski definition) is 4. The number of hydrogen-bond donors (Lipinski definition) is 2. The number of nitrogens with zero attached hydrogens (tertiary/aromatic N) is 1. The van der Waals surface area contributed by atoms with Gasteiger partial charge >= 0.3 is 0 Å². The van der Waals surface area contributed by atoms with E-state index in [4.69, 9.17) is 0 Å². The lowest BCUT2D eigenvalue weighted by atomic mass is 9.96. The normalized spacial score (nSPS) is 16.5. The lowest BCUT2D eigenvalue weighted by Gasteiger charge is -2.32. The molecular weight excluding hydrogens is 414 g/mol. The number of carbonyl (C=O) groups excluding carboxylic acids is 2. The Kier molecular flexibility index (Phi) is 7.68. The number of anilines is 1.